The van der Waals surface area contributed by atoms with Crippen molar-refractivity contribution >= 4 is 11.6 Å². The zero-order valence-electron chi connectivity index (χ0n) is 9.88. The summed E-state index contributed by atoms with van der Waals surface area (Å²) < 4.78 is 2.00. The van der Waals surface area contributed by atoms with Crippen molar-refractivity contribution in [1.82, 2.24) is 15.1 Å². The van der Waals surface area contributed by atoms with E-state index in [-0.39, 0.29) is 0 Å². The largest absolute Gasteiger partial charge is 0.314 e. The summed E-state index contributed by atoms with van der Waals surface area (Å²) in [4.78, 5) is 0. The highest BCUT2D eigenvalue weighted by atomic mass is 35.5. The Hall–Kier alpha value is -0.540. The summed E-state index contributed by atoms with van der Waals surface area (Å²) in [5.74, 6) is 0. The first kappa shape index (κ1) is 11.9. The van der Waals surface area contributed by atoms with Crippen LogP contribution in [0, 0.1) is 6.92 Å². The number of aromatic nitrogens is 2. The van der Waals surface area contributed by atoms with Gasteiger partial charge >= 0.3 is 0 Å². The summed E-state index contributed by atoms with van der Waals surface area (Å²) in [5, 5.41) is 8.54. The number of halogens is 1. The van der Waals surface area contributed by atoms with Gasteiger partial charge < -0.3 is 5.32 Å². The number of unbranched alkanes of at least 4 members (excludes halogenated alkanes) is 2. The monoisotopic (exact) mass is 241 g/mol. The Balaban J connectivity index is 1.55. The van der Waals surface area contributed by atoms with Gasteiger partial charge in [0.15, 0.2) is 0 Å². The van der Waals surface area contributed by atoms with E-state index in [4.69, 9.17) is 11.6 Å². The van der Waals surface area contributed by atoms with Crippen molar-refractivity contribution in [2.24, 2.45) is 0 Å². The van der Waals surface area contributed by atoms with E-state index in [1.807, 2.05) is 11.6 Å². The Morgan fingerprint density at radius 1 is 1.44 bits per heavy atom. The lowest BCUT2D eigenvalue weighted by Gasteiger charge is -2.05. The number of nitrogens with zero attached hydrogens (tertiary/aromatic N) is 2. The van der Waals surface area contributed by atoms with E-state index >= 15 is 0 Å². The van der Waals surface area contributed by atoms with Crippen LogP contribution in [0.25, 0.3) is 0 Å². The Morgan fingerprint density at radius 2 is 2.25 bits per heavy atom. The predicted molar refractivity (Wildman–Crippen MR) is 66.8 cm³/mol. The van der Waals surface area contributed by atoms with Crippen LogP contribution >= 0.6 is 11.6 Å². The Labute approximate surface area is 102 Å². The van der Waals surface area contributed by atoms with Gasteiger partial charge in [-0.2, -0.15) is 5.10 Å². The SMILES string of the molecule is Cc1c(Cl)cnn1CCCCCNC1CC1. The van der Waals surface area contributed by atoms with Crippen LogP contribution in [0.1, 0.15) is 37.8 Å². The highest BCUT2D eigenvalue weighted by Crippen LogP contribution is 2.18. The molecule has 0 bridgehead atoms. The van der Waals surface area contributed by atoms with Gasteiger partial charge in [-0.3, -0.25) is 4.68 Å². The number of hydrogen-bond donors (Lipinski definition) is 1. The van der Waals surface area contributed by atoms with Gasteiger partial charge in [-0.1, -0.05) is 18.0 Å². The first-order valence-corrected chi connectivity index (χ1v) is 6.56. The van der Waals surface area contributed by atoms with Gasteiger partial charge in [0.2, 0.25) is 0 Å². The smallest absolute Gasteiger partial charge is 0.0814 e. The number of nitrogens with one attached hydrogen (secondary N) is 1. The van der Waals surface area contributed by atoms with E-state index in [1.54, 1.807) is 6.20 Å². The van der Waals surface area contributed by atoms with Crippen LogP contribution in [0.2, 0.25) is 5.02 Å². The van der Waals surface area contributed by atoms with Crippen molar-refractivity contribution in [3.05, 3.63) is 16.9 Å². The number of rotatable bonds is 7. The molecular weight excluding hydrogens is 222 g/mol. The third kappa shape index (κ3) is 3.49. The van der Waals surface area contributed by atoms with Crippen molar-refractivity contribution in [2.45, 2.75) is 51.6 Å². The van der Waals surface area contributed by atoms with Crippen molar-refractivity contribution in [1.29, 1.82) is 0 Å². The van der Waals surface area contributed by atoms with Crippen LogP contribution < -0.4 is 5.32 Å². The third-order valence-electron chi connectivity index (χ3n) is 3.10. The zero-order valence-corrected chi connectivity index (χ0v) is 10.6. The molecular formula is C12H20ClN3. The first-order chi connectivity index (χ1) is 7.77. The summed E-state index contributed by atoms with van der Waals surface area (Å²) in [6.45, 7) is 4.18. The standard InChI is InChI=1S/C12H20ClN3/c1-10-12(13)9-15-16(10)8-4-2-3-7-14-11-5-6-11/h9,11,14H,2-8H2,1H3. The molecule has 1 fully saturated rings. The molecule has 1 aliphatic rings. The molecule has 1 heterocycles. The maximum atomic E-state index is 5.94. The Morgan fingerprint density at radius 3 is 2.88 bits per heavy atom. The molecule has 2 rings (SSSR count). The van der Waals surface area contributed by atoms with Gasteiger partial charge in [0.25, 0.3) is 0 Å². The fourth-order valence-electron chi connectivity index (χ4n) is 1.81. The molecule has 4 heteroatoms. The van der Waals surface area contributed by atoms with Crippen molar-refractivity contribution in [3.8, 4) is 0 Å². The summed E-state index contributed by atoms with van der Waals surface area (Å²) >= 11 is 5.94. The molecule has 0 aromatic carbocycles. The molecule has 0 aliphatic heterocycles. The van der Waals surface area contributed by atoms with Crippen molar-refractivity contribution < 1.29 is 0 Å². The Bertz CT molecular complexity index is 331. The molecule has 1 aromatic rings. The molecule has 1 N–H and O–H groups in total. The van der Waals surface area contributed by atoms with E-state index in [0.29, 0.717) is 0 Å². The lowest BCUT2D eigenvalue weighted by molar-refractivity contribution is 0.521. The third-order valence-corrected chi connectivity index (χ3v) is 3.47. The highest BCUT2D eigenvalue weighted by Gasteiger charge is 2.19. The molecule has 1 aliphatic carbocycles. The minimum atomic E-state index is 0.774. The van der Waals surface area contributed by atoms with Crippen molar-refractivity contribution in [3.63, 3.8) is 0 Å². The number of hydrogen-bond acceptors (Lipinski definition) is 2. The van der Waals surface area contributed by atoms with Crippen LogP contribution in [-0.2, 0) is 6.54 Å². The van der Waals surface area contributed by atoms with E-state index in [2.05, 4.69) is 10.4 Å². The van der Waals surface area contributed by atoms with Gasteiger partial charge in [-0.25, -0.2) is 0 Å². The molecule has 0 atom stereocenters. The second-order valence-electron chi connectivity index (χ2n) is 4.59. The molecule has 0 amide bonds. The normalized spacial score (nSPS) is 15.6. The minimum absolute atomic E-state index is 0.774. The van der Waals surface area contributed by atoms with Gasteiger partial charge in [0.05, 0.1) is 16.9 Å². The van der Waals surface area contributed by atoms with Crippen LogP contribution in [0.5, 0.6) is 0 Å². The van der Waals surface area contributed by atoms with Gasteiger partial charge in [-0.15, -0.1) is 0 Å². The lowest BCUT2D eigenvalue weighted by atomic mass is 10.2. The quantitative estimate of drug-likeness (QED) is 0.744. The maximum absolute atomic E-state index is 5.94. The molecule has 3 nitrogen and oxygen atoms in total. The van der Waals surface area contributed by atoms with Gasteiger partial charge in [0, 0.05) is 12.6 Å². The van der Waals surface area contributed by atoms with Crippen LogP contribution in [0.4, 0.5) is 0 Å². The van der Waals surface area contributed by atoms with Gasteiger partial charge in [-0.05, 0) is 39.2 Å². The Kier molecular flexibility index (Phi) is 4.24. The molecule has 0 spiro atoms. The fourth-order valence-corrected chi connectivity index (χ4v) is 1.95. The molecule has 90 valence electrons. The molecule has 0 saturated heterocycles. The summed E-state index contributed by atoms with van der Waals surface area (Å²) in [7, 11) is 0. The average molecular weight is 242 g/mol. The molecule has 1 saturated carbocycles. The molecule has 0 radical (unpaired) electrons. The number of aryl methyl sites for hydroxylation is 1. The second-order valence-corrected chi connectivity index (χ2v) is 5.00. The minimum Gasteiger partial charge on any atom is -0.314 e. The fraction of sp³-hybridized carbons (Fsp3) is 0.750. The predicted octanol–water partition coefficient (Wildman–Crippen LogP) is 2.77. The van der Waals surface area contributed by atoms with Crippen molar-refractivity contribution in [2.75, 3.05) is 6.54 Å². The topological polar surface area (TPSA) is 29.9 Å². The van der Waals surface area contributed by atoms with E-state index < -0.39 is 0 Å². The average Bonchev–Trinajstić information content (AvgIpc) is 3.04. The summed E-state index contributed by atoms with van der Waals surface area (Å²) in [6, 6.07) is 0.840. The van der Waals surface area contributed by atoms with Crippen LogP contribution in [0.15, 0.2) is 6.20 Å². The summed E-state index contributed by atoms with van der Waals surface area (Å²) in [5.41, 5.74) is 1.08. The first-order valence-electron chi connectivity index (χ1n) is 6.18. The van der Waals surface area contributed by atoms with Crippen LogP contribution in [0.3, 0.4) is 0 Å². The van der Waals surface area contributed by atoms with E-state index in [0.717, 1.165) is 23.3 Å². The lowest BCUT2D eigenvalue weighted by Crippen LogP contribution is -2.17. The van der Waals surface area contributed by atoms with Gasteiger partial charge in [0.1, 0.15) is 0 Å². The van der Waals surface area contributed by atoms with E-state index in [9.17, 15) is 0 Å². The zero-order chi connectivity index (χ0) is 11.4. The molecule has 1 aromatic heterocycles. The second kappa shape index (κ2) is 5.69. The molecule has 16 heavy (non-hydrogen) atoms. The maximum Gasteiger partial charge on any atom is 0.0814 e. The van der Waals surface area contributed by atoms with E-state index in [1.165, 1.54) is 38.6 Å². The highest BCUT2D eigenvalue weighted by molar-refractivity contribution is 6.31. The summed E-state index contributed by atoms with van der Waals surface area (Å²) in [6.07, 6.45) is 8.20. The van der Waals surface area contributed by atoms with Crippen LogP contribution in [-0.4, -0.2) is 22.4 Å². The molecule has 0 unspecified atom stereocenters.